The van der Waals surface area contributed by atoms with Crippen LogP contribution in [0.15, 0.2) is 0 Å². The minimum Gasteiger partial charge on any atom is -0.458 e. The normalized spacial score (nSPS) is 23.8. The van der Waals surface area contributed by atoms with Crippen molar-refractivity contribution in [3.63, 3.8) is 0 Å². The van der Waals surface area contributed by atoms with E-state index in [0.717, 1.165) is 12.8 Å². The number of rotatable bonds is 4. The van der Waals surface area contributed by atoms with E-state index >= 15 is 0 Å². The topological polar surface area (TPSA) is 76.2 Å². The van der Waals surface area contributed by atoms with Crippen molar-refractivity contribution in [1.82, 2.24) is 9.80 Å². The average Bonchev–Trinajstić information content (AvgIpc) is 2.97. The van der Waals surface area contributed by atoms with Crippen molar-refractivity contribution in [3.8, 4) is 0 Å². The number of esters is 1. The minimum absolute atomic E-state index is 0.145. The number of hydrogen-bond donors (Lipinski definition) is 0. The Morgan fingerprint density at radius 1 is 0.967 bits per heavy atom. The Balaban J connectivity index is 2.32. The van der Waals surface area contributed by atoms with Crippen molar-refractivity contribution in [2.24, 2.45) is 5.92 Å². The van der Waals surface area contributed by atoms with Gasteiger partial charge in [-0.05, 0) is 79.6 Å². The lowest BCUT2D eigenvalue weighted by atomic mass is 9.84. The minimum atomic E-state index is -0.919. The van der Waals surface area contributed by atoms with E-state index < -0.39 is 28.9 Å². The van der Waals surface area contributed by atoms with Crippen LogP contribution in [-0.4, -0.2) is 63.6 Å². The molecule has 0 saturated carbocycles. The Labute approximate surface area is 181 Å². The molecular formula is C23H40N2O5. The second-order valence-corrected chi connectivity index (χ2v) is 11.0. The van der Waals surface area contributed by atoms with Crippen LogP contribution in [0, 0.1) is 5.92 Å². The van der Waals surface area contributed by atoms with Gasteiger partial charge < -0.3 is 14.4 Å². The lowest BCUT2D eigenvalue weighted by molar-refractivity contribution is -0.170. The lowest BCUT2D eigenvalue weighted by Gasteiger charge is -2.46. The summed E-state index contributed by atoms with van der Waals surface area (Å²) in [6.45, 7) is 16.0. The molecule has 1 spiro atoms. The van der Waals surface area contributed by atoms with Crippen LogP contribution < -0.4 is 0 Å². The van der Waals surface area contributed by atoms with E-state index in [9.17, 15) is 14.4 Å². The van der Waals surface area contributed by atoms with E-state index in [1.54, 1.807) is 9.80 Å². The largest absolute Gasteiger partial charge is 0.458 e. The van der Waals surface area contributed by atoms with Gasteiger partial charge in [0.25, 0.3) is 0 Å². The molecule has 0 bridgehead atoms. The molecule has 2 fully saturated rings. The molecule has 2 amide bonds. The molecule has 2 saturated heterocycles. The zero-order valence-electron chi connectivity index (χ0n) is 20.0. The van der Waals surface area contributed by atoms with Crippen molar-refractivity contribution in [2.45, 2.75) is 110 Å². The molecule has 0 aromatic rings. The standard InChI is InChI=1S/C23H40N2O5/c1-16(2)15-17(18(26)29-21(3,4)5)24-13-9-11-23(19(24)27)12-10-14-25(23)20(28)30-22(6,7)8/h16-17H,9-15H2,1-8H3/t17-,23+/m1/s1. The Bertz CT molecular complexity index is 661. The van der Waals surface area contributed by atoms with Crippen molar-refractivity contribution in [3.05, 3.63) is 0 Å². The Morgan fingerprint density at radius 2 is 1.50 bits per heavy atom. The highest BCUT2D eigenvalue weighted by atomic mass is 16.6. The molecule has 0 aliphatic carbocycles. The van der Waals surface area contributed by atoms with Crippen molar-refractivity contribution in [1.29, 1.82) is 0 Å². The van der Waals surface area contributed by atoms with Crippen LogP contribution in [-0.2, 0) is 19.1 Å². The fourth-order valence-corrected chi connectivity index (χ4v) is 4.43. The molecule has 172 valence electrons. The predicted molar refractivity (Wildman–Crippen MR) is 115 cm³/mol. The highest BCUT2D eigenvalue weighted by molar-refractivity contribution is 5.94. The Kier molecular flexibility index (Phi) is 7.14. The van der Waals surface area contributed by atoms with Gasteiger partial charge in [0.05, 0.1) is 0 Å². The lowest BCUT2D eigenvalue weighted by Crippen LogP contribution is -2.64. The van der Waals surface area contributed by atoms with Gasteiger partial charge in [-0.2, -0.15) is 0 Å². The smallest absolute Gasteiger partial charge is 0.411 e. The van der Waals surface area contributed by atoms with Gasteiger partial charge in [0, 0.05) is 13.1 Å². The van der Waals surface area contributed by atoms with E-state index in [4.69, 9.17) is 9.47 Å². The maximum absolute atomic E-state index is 13.8. The van der Waals surface area contributed by atoms with Gasteiger partial charge in [0.2, 0.25) is 5.91 Å². The van der Waals surface area contributed by atoms with E-state index in [1.807, 2.05) is 55.4 Å². The van der Waals surface area contributed by atoms with Crippen LogP contribution in [0.5, 0.6) is 0 Å². The van der Waals surface area contributed by atoms with Gasteiger partial charge in [-0.25, -0.2) is 9.59 Å². The molecule has 2 rings (SSSR count). The summed E-state index contributed by atoms with van der Waals surface area (Å²) in [6, 6.07) is -0.644. The Hall–Kier alpha value is -1.79. The average molecular weight is 425 g/mol. The van der Waals surface area contributed by atoms with Crippen molar-refractivity contribution in [2.75, 3.05) is 13.1 Å². The summed E-state index contributed by atoms with van der Waals surface area (Å²) in [5, 5.41) is 0. The molecule has 0 radical (unpaired) electrons. The monoisotopic (exact) mass is 424 g/mol. The summed E-state index contributed by atoms with van der Waals surface area (Å²) in [6.07, 6.45) is 2.77. The van der Waals surface area contributed by atoms with Crippen LogP contribution in [0.4, 0.5) is 4.79 Å². The summed E-state index contributed by atoms with van der Waals surface area (Å²) in [5.41, 5.74) is -2.18. The second-order valence-electron chi connectivity index (χ2n) is 11.0. The van der Waals surface area contributed by atoms with Crippen LogP contribution in [0.25, 0.3) is 0 Å². The van der Waals surface area contributed by atoms with E-state index in [2.05, 4.69) is 0 Å². The van der Waals surface area contributed by atoms with E-state index in [-0.39, 0.29) is 17.8 Å². The highest BCUT2D eigenvalue weighted by Gasteiger charge is 2.55. The van der Waals surface area contributed by atoms with Gasteiger partial charge in [0.15, 0.2) is 0 Å². The third kappa shape index (κ3) is 5.67. The first-order valence-corrected chi connectivity index (χ1v) is 11.2. The number of ether oxygens (including phenoxy) is 2. The zero-order valence-corrected chi connectivity index (χ0v) is 20.0. The maximum atomic E-state index is 13.8. The molecule has 0 N–H and O–H groups in total. The third-order valence-corrected chi connectivity index (χ3v) is 5.50. The molecule has 2 aliphatic rings. The predicted octanol–water partition coefficient (Wildman–Crippen LogP) is 4.13. The molecule has 7 heteroatoms. The van der Waals surface area contributed by atoms with E-state index in [1.165, 1.54) is 0 Å². The molecule has 2 atom stereocenters. The van der Waals surface area contributed by atoms with Gasteiger partial charge in [-0.3, -0.25) is 9.69 Å². The van der Waals surface area contributed by atoms with Crippen LogP contribution in [0.2, 0.25) is 0 Å². The molecule has 30 heavy (non-hydrogen) atoms. The van der Waals surface area contributed by atoms with Gasteiger partial charge in [0.1, 0.15) is 22.8 Å². The summed E-state index contributed by atoms with van der Waals surface area (Å²) < 4.78 is 11.3. The number of amides is 2. The fraction of sp³-hybridized carbons (Fsp3) is 0.870. The zero-order chi connectivity index (χ0) is 22.9. The van der Waals surface area contributed by atoms with Gasteiger partial charge >= 0.3 is 12.1 Å². The number of likely N-dealkylation sites (tertiary alicyclic amines) is 2. The summed E-state index contributed by atoms with van der Waals surface area (Å²) in [4.78, 5) is 43.0. The SMILES string of the molecule is CC(C)C[C@H](C(=O)OC(C)(C)C)N1CCC[C@]2(CCCN2C(=O)OC(C)(C)C)C1=O. The van der Waals surface area contributed by atoms with Crippen LogP contribution in [0.1, 0.15) is 87.5 Å². The fourth-order valence-electron chi connectivity index (χ4n) is 4.43. The molecule has 2 heterocycles. The van der Waals surface area contributed by atoms with Crippen molar-refractivity contribution < 1.29 is 23.9 Å². The van der Waals surface area contributed by atoms with Crippen LogP contribution >= 0.6 is 0 Å². The summed E-state index contributed by atoms with van der Waals surface area (Å²) in [5.74, 6) is -0.296. The van der Waals surface area contributed by atoms with E-state index in [0.29, 0.717) is 32.4 Å². The summed E-state index contributed by atoms with van der Waals surface area (Å²) in [7, 11) is 0. The Morgan fingerprint density at radius 3 is 2.00 bits per heavy atom. The molecule has 0 aromatic carbocycles. The number of carbonyl (C=O) groups excluding carboxylic acids is 3. The molecule has 0 unspecified atom stereocenters. The molecule has 2 aliphatic heterocycles. The molecule has 0 aromatic heterocycles. The first-order chi connectivity index (χ1) is 13.7. The molecular weight excluding hydrogens is 384 g/mol. The highest BCUT2D eigenvalue weighted by Crippen LogP contribution is 2.40. The summed E-state index contributed by atoms with van der Waals surface area (Å²) >= 11 is 0. The van der Waals surface area contributed by atoms with Gasteiger partial charge in [-0.15, -0.1) is 0 Å². The van der Waals surface area contributed by atoms with Gasteiger partial charge in [-0.1, -0.05) is 13.8 Å². The number of piperidine rings is 1. The number of nitrogens with zero attached hydrogens (tertiary/aromatic N) is 2. The molecule has 7 nitrogen and oxygen atoms in total. The number of carbonyl (C=O) groups is 3. The van der Waals surface area contributed by atoms with Crippen LogP contribution in [0.3, 0.4) is 0 Å². The third-order valence-electron chi connectivity index (χ3n) is 5.50. The number of hydrogen-bond acceptors (Lipinski definition) is 5. The second kappa shape index (κ2) is 8.75. The quantitative estimate of drug-likeness (QED) is 0.634. The van der Waals surface area contributed by atoms with Crippen molar-refractivity contribution >= 4 is 18.0 Å². The maximum Gasteiger partial charge on any atom is 0.411 e. The first-order valence-electron chi connectivity index (χ1n) is 11.2. The first kappa shape index (κ1) is 24.5.